The van der Waals surface area contributed by atoms with Crippen LogP contribution in [0.3, 0.4) is 0 Å². The lowest BCUT2D eigenvalue weighted by Gasteiger charge is -1.94. The quantitative estimate of drug-likeness (QED) is 0.380. The highest BCUT2D eigenvalue weighted by Gasteiger charge is 1.98. The van der Waals surface area contributed by atoms with Gasteiger partial charge in [-0.15, -0.1) is 0 Å². The number of allylic oxidation sites excluding steroid dienone is 1. The number of hydrogen-bond acceptors (Lipinski definition) is 2. The molecular weight excluding hydrogens is 164 g/mol. The molecule has 0 aromatic rings. The maximum absolute atomic E-state index is 10.5. The van der Waals surface area contributed by atoms with Gasteiger partial charge in [0.05, 0.1) is 10.7 Å². The summed E-state index contributed by atoms with van der Waals surface area (Å²) in [5, 5.41) is 0. The van der Waals surface area contributed by atoms with Gasteiger partial charge >= 0.3 is 0 Å². The zero-order chi connectivity index (χ0) is 8.85. The lowest BCUT2D eigenvalue weighted by Crippen LogP contribution is -2.04. The molecule has 0 aliphatic rings. The largest absolute Gasteiger partial charge is 0.387 e. The van der Waals surface area contributed by atoms with Crippen LogP contribution < -0.4 is 5.73 Å². The number of rotatable bonds is 3. The van der Waals surface area contributed by atoms with Crippen LogP contribution in [0.1, 0.15) is 20.3 Å². The van der Waals surface area contributed by atoms with Crippen LogP contribution in [0.4, 0.5) is 0 Å². The highest BCUT2D eigenvalue weighted by atomic mass is 32.2. The third kappa shape index (κ3) is 4.69. The molecule has 0 aromatic carbocycles. The SMILES string of the molecule is CC/C(=C\N=C(C)N)S(=O)O. The molecule has 5 heteroatoms. The molecule has 0 saturated carbocycles. The topological polar surface area (TPSA) is 75.7 Å². The number of aliphatic imine (C=N–C) groups is 1. The lowest BCUT2D eigenvalue weighted by molar-refractivity contribution is 0.569. The van der Waals surface area contributed by atoms with Crippen LogP contribution in [0.5, 0.6) is 0 Å². The van der Waals surface area contributed by atoms with Gasteiger partial charge in [0.2, 0.25) is 0 Å². The molecule has 0 saturated heterocycles. The van der Waals surface area contributed by atoms with E-state index >= 15 is 0 Å². The predicted molar refractivity (Wildman–Crippen MR) is 46.4 cm³/mol. The second-order valence-corrected chi connectivity index (χ2v) is 2.99. The van der Waals surface area contributed by atoms with Gasteiger partial charge in [-0.1, -0.05) is 6.92 Å². The van der Waals surface area contributed by atoms with Gasteiger partial charge in [-0.3, -0.25) is 0 Å². The van der Waals surface area contributed by atoms with Crippen LogP contribution >= 0.6 is 0 Å². The van der Waals surface area contributed by atoms with Crippen LogP contribution in [-0.2, 0) is 11.1 Å². The Morgan fingerprint density at radius 1 is 1.82 bits per heavy atom. The van der Waals surface area contributed by atoms with Crippen molar-refractivity contribution in [2.75, 3.05) is 0 Å². The van der Waals surface area contributed by atoms with Crippen molar-refractivity contribution in [1.82, 2.24) is 0 Å². The molecule has 0 amide bonds. The minimum absolute atomic E-state index is 0.370. The molecule has 0 fully saturated rings. The van der Waals surface area contributed by atoms with Crippen LogP contribution in [0.25, 0.3) is 0 Å². The zero-order valence-electron chi connectivity index (χ0n) is 6.57. The Morgan fingerprint density at radius 3 is 2.64 bits per heavy atom. The average Bonchev–Trinajstić information content (AvgIpc) is 1.87. The molecule has 0 spiro atoms. The fourth-order valence-electron chi connectivity index (χ4n) is 0.434. The van der Waals surface area contributed by atoms with E-state index in [1.807, 2.05) is 0 Å². The van der Waals surface area contributed by atoms with Crippen molar-refractivity contribution in [1.29, 1.82) is 0 Å². The molecule has 0 rings (SSSR count). The van der Waals surface area contributed by atoms with Crippen molar-refractivity contribution >= 4 is 16.9 Å². The molecule has 11 heavy (non-hydrogen) atoms. The molecule has 0 heterocycles. The molecule has 0 aliphatic carbocycles. The van der Waals surface area contributed by atoms with Crippen molar-refractivity contribution in [2.24, 2.45) is 10.7 Å². The maximum atomic E-state index is 10.5. The van der Waals surface area contributed by atoms with E-state index in [-0.39, 0.29) is 0 Å². The van der Waals surface area contributed by atoms with Crippen LogP contribution in [0, 0.1) is 0 Å². The Labute approximate surface area is 68.5 Å². The smallest absolute Gasteiger partial charge is 0.183 e. The summed E-state index contributed by atoms with van der Waals surface area (Å²) in [6, 6.07) is 0. The first-order valence-corrected chi connectivity index (χ1v) is 4.28. The Bertz CT molecular complexity index is 207. The Balaban J connectivity index is 4.37. The molecular formula is C6H12N2O2S. The second kappa shape index (κ2) is 5.03. The summed E-state index contributed by atoms with van der Waals surface area (Å²) < 4.78 is 19.1. The molecule has 0 bridgehead atoms. The molecule has 4 nitrogen and oxygen atoms in total. The van der Waals surface area contributed by atoms with Gasteiger partial charge in [-0.05, 0) is 13.3 Å². The highest BCUT2D eigenvalue weighted by molar-refractivity contribution is 7.83. The summed E-state index contributed by atoms with van der Waals surface area (Å²) in [7, 11) is 0. The summed E-state index contributed by atoms with van der Waals surface area (Å²) in [5.41, 5.74) is 5.22. The summed E-state index contributed by atoms with van der Waals surface area (Å²) in [6.07, 6.45) is 1.82. The van der Waals surface area contributed by atoms with Crippen molar-refractivity contribution in [3.63, 3.8) is 0 Å². The Hall–Kier alpha value is -0.680. The van der Waals surface area contributed by atoms with Crippen LogP contribution in [0.2, 0.25) is 0 Å². The molecule has 3 N–H and O–H groups in total. The Kier molecular flexibility index (Phi) is 4.72. The van der Waals surface area contributed by atoms with Gasteiger partial charge < -0.3 is 10.3 Å². The van der Waals surface area contributed by atoms with Crippen LogP contribution in [0.15, 0.2) is 16.1 Å². The van der Waals surface area contributed by atoms with E-state index in [1.54, 1.807) is 13.8 Å². The average molecular weight is 176 g/mol. The summed E-state index contributed by atoms with van der Waals surface area (Å²) in [5.74, 6) is 0.376. The number of nitrogens with zero attached hydrogens (tertiary/aromatic N) is 1. The first-order valence-electron chi connectivity index (χ1n) is 3.17. The maximum Gasteiger partial charge on any atom is 0.183 e. The van der Waals surface area contributed by atoms with E-state index < -0.39 is 11.1 Å². The third-order valence-electron chi connectivity index (χ3n) is 0.985. The number of amidine groups is 1. The number of hydrogen-bond donors (Lipinski definition) is 2. The molecule has 64 valence electrons. The number of nitrogens with two attached hydrogens (primary N) is 1. The highest BCUT2D eigenvalue weighted by Crippen LogP contribution is 2.03. The van der Waals surface area contributed by atoms with E-state index in [2.05, 4.69) is 4.99 Å². The first-order chi connectivity index (χ1) is 5.07. The van der Waals surface area contributed by atoms with E-state index in [1.165, 1.54) is 6.20 Å². The summed E-state index contributed by atoms with van der Waals surface area (Å²) in [6.45, 7) is 3.39. The second-order valence-electron chi connectivity index (χ2n) is 1.97. The fraction of sp³-hybridized carbons (Fsp3) is 0.500. The van der Waals surface area contributed by atoms with Crippen molar-refractivity contribution in [2.45, 2.75) is 20.3 Å². The van der Waals surface area contributed by atoms with E-state index in [9.17, 15) is 4.21 Å². The molecule has 0 aromatic heterocycles. The predicted octanol–water partition coefficient (Wildman–Crippen LogP) is 0.837. The van der Waals surface area contributed by atoms with Gasteiger partial charge in [-0.2, -0.15) is 0 Å². The minimum Gasteiger partial charge on any atom is -0.387 e. The molecule has 1 unspecified atom stereocenters. The monoisotopic (exact) mass is 176 g/mol. The third-order valence-corrected chi connectivity index (χ3v) is 1.83. The van der Waals surface area contributed by atoms with E-state index in [4.69, 9.17) is 10.3 Å². The van der Waals surface area contributed by atoms with Crippen molar-refractivity contribution in [3.8, 4) is 0 Å². The minimum atomic E-state index is -1.92. The Morgan fingerprint density at radius 2 is 2.36 bits per heavy atom. The van der Waals surface area contributed by atoms with Gasteiger partial charge in [0, 0.05) is 6.20 Å². The van der Waals surface area contributed by atoms with Crippen LogP contribution in [-0.4, -0.2) is 14.6 Å². The fourth-order valence-corrected chi connectivity index (χ4v) is 0.823. The molecule has 0 aliphatic heterocycles. The standard InChI is InChI=1S/C6H12N2O2S/c1-3-6(11(9)10)4-8-5(2)7/h4H,3H2,1-2H3,(H2,7,8)(H,9,10)/b6-4+. The normalized spacial score (nSPS) is 16.6. The van der Waals surface area contributed by atoms with Gasteiger partial charge in [0.25, 0.3) is 0 Å². The van der Waals surface area contributed by atoms with Gasteiger partial charge in [0.1, 0.15) is 0 Å². The zero-order valence-corrected chi connectivity index (χ0v) is 7.39. The van der Waals surface area contributed by atoms with E-state index in [0.29, 0.717) is 17.2 Å². The van der Waals surface area contributed by atoms with Gasteiger partial charge in [0.15, 0.2) is 11.1 Å². The summed E-state index contributed by atoms with van der Waals surface area (Å²) in [4.78, 5) is 4.07. The van der Waals surface area contributed by atoms with Gasteiger partial charge in [-0.25, -0.2) is 9.20 Å². The van der Waals surface area contributed by atoms with E-state index in [0.717, 1.165) is 0 Å². The molecule has 0 radical (unpaired) electrons. The molecule has 1 atom stereocenters. The van der Waals surface area contributed by atoms with Crippen molar-refractivity contribution in [3.05, 3.63) is 11.1 Å². The first kappa shape index (κ1) is 10.3. The summed E-state index contributed by atoms with van der Waals surface area (Å²) >= 11 is -1.92. The lowest BCUT2D eigenvalue weighted by atomic mass is 10.5. The van der Waals surface area contributed by atoms with Crippen molar-refractivity contribution < 1.29 is 8.76 Å².